The van der Waals surface area contributed by atoms with Gasteiger partial charge in [0.25, 0.3) is 0 Å². The quantitative estimate of drug-likeness (QED) is 0.210. The Morgan fingerprint density at radius 1 is 0.475 bits per heavy atom. The predicted molar refractivity (Wildman–Crippen MR) is 171 cm³/mol. The summed E-state index contributed by atoms with van der Waals surface area (Å²) < 4.78 is 12.3. The van der Waals surface area contributed by atoms with E-state index in [-0.39, 0.29) is 0 Å². The Labute approximate surface area is 240 Å². The van der Waals surface area contributed by atoms with Crippen LogP contribution in [0, 0.1) is 0 Å². The lowest BCUT2D eigenvalue weighted by atomic mass is 10.1. The second-order valence-electron chi connectivity index (χ2n) is 10.3. The summed E-state index contributed by atoms with van der Waals surface area (Å²) in [6, 6.07) is 29.6. The molecule has 6 heteroatoms. The average molecular weight is 559 g/mol. The van der Waals surface area contributed by atoms with E-state index in [9.17, 15) is 0 Å². The average Bonchev–Trinajstić information content (AvgIpc) is 3.69. The lowest BCUT2D eigenvalue weighted by Crippen LogP contribution is -2.22. The minimum atomic E-state index is 0.912. The van der Waals surface area contributed by atoms with Gasteiger partial charge in [-0.25, -0.2) is 0 Å². The molecule has 0 unspecified atom stereocenters. The molecule has 0 atom stereocenters. The maximum absolute atomic E-state index is 6.13. The van der Waals surface area contributed by atoms with Crippen LogP contribution in [0.15, 0.2) is 125 Å². The monoisotopic (exact) mass is 558 g/mol. The number of rotatable bonds is 2. The van der Waals surface area contributed by atoms with E-state index >= 15 is 0 Å². The van der Waals surface area contributed by atoms with E-state index in [2.05, 4.69) is 98.2 Å². The van der Waals surface area contributed by atoms with Crippen LogP contribution in [-0.2, 0) is 0 Å². The third-order valence-corrected chi connectivity index (χ3v) is 10.5. The topological polar surface area (TPSA) is 32.8 Å². The minimum absolute atomic E-state index is 0.912. The molecule has 0 saturated carbocycles. The molecule has 2 aliphatic rings. The van der Waals surface area contributed by atoms with Gasteiger partial charge in [-0.2, -0.15) is 0 Å². The van der Waals surface area contributed by atoms with Gasteiger partial charge in [0.2, 0.25) is 0 Å². The SMILES string of the molecule is CC1=C(C)N(c2ccc3oc4ccccc4c3c2)/C(=C2\SC(C)=C(C)N2c2ccc3oc4ccccc4c3c2)S1. The van der Waals surface area contributed by atoms with E-state index in [0.717, 1.165) is 55.3 Å². The van der Waals surface area contributed by atoms with E-state index in [1.54, 1.807) is 0 Å². The molecular weight excluding hydrogens is 533 g/mol. The van der Waals surface area contributed by atoms with E-state index in [0.29, 0.717) is 0 Å². The zero-order valence-electron chi connectivity index (χ0n) is 22.6. The van der Waals surface area contributed by atoms with Crippen LogP contribution in [0.4, 0.5) is 11.4 Å². The highest BCUT2D eigenvalue weighted by Crippen LogP contribution is 2.54. The van der Waals surface area contributed by atoms with Crippen molar-refractivity contribution in [2.45, 2.75) is 27.7 Å². The Balaban J connectivity index is 1.30. The predicted octanol–water partition coefficient (Wildman–Crippen LogP) is 10.9. The molecule has 0 fully saturated rings. The molecule has 40 heavy (non-hydrogen) atoms. The molecule has 0 amide bonds. The van der Waals surface area contributed by atoms with Gasteiger partial charge < -0.3 is 18.6 Å². The van der Waals surface area contributed by atoms with Crippen LogP contribution in [-0.4, -0.2) is 0 Å². The van der Waals surface area contributed by atoms with Gasteiger partial charge in [0.05, 0.1) is 0 Å². The van der Waals surface area contributed by atoms with Crippen LogP contribution in [0.1, 0.15) is 27.7 Å². The number of thioether (sulfide) groups is 2. The highest BCUT2D eigenvalue weighted by atomic mass is 32.2. The standard InChI is InChI=1S/C34H26N2O2S2/c1-19-21(3)39-33(35(19)23-13-15-31-27(17-23)25-9-5-7-11-29(25)37-31)34-36(20(2)22(4)40-34)24-14-16-32-28(18-24)26-10-6-8-12-30(26)38-32/h5-18H,1-4H3/b34-33+. The number of para-hydroxylation sites is 2. The first-order valence-electron chi connectivity index (χ1n) is 13.4. The van der Waals surface area contributed by atoms with Crippen LogP contribution in [0.2, 0.25) is 0 Å². The summed E-state index contributed by atoms with van der Waals surface area (Å²) in [7, 11) is 0. The van der Waals surface area contributed by atoms with Crippen molar-refractivity contribution < 1.29 is 8.83 Å². The zero-order valence-corrected chi connectivity index (χ0v) is 24.2. The molecule has 8 rings (SSSR count). The Kier molecular flexibility index (Phi) is 5.22. The molecule has 0 N–H and O–H groups in total. The molecule has 2 aromatic heterocycles. The van der Waals surface area contributed by atoms with Crippen molar-refractivity contribution in [3.63, 3.8) is 0 Å². The van der Waals surface area contributed by atoms with Gasteiger partial charge in [0.15, 0.2) is 0 Å². The van der Waals surface area contributed by atoms with Crippen LogP contribution in [0.25, 0.3) is 43.9 Å². The van der Waals surface area contributed by atoms with Crippen molar-refractivity contribution >= 4 is 78.8 Å². The number of fused-ring (bicyclic) bond motifs is 6. The number of anilines is 2. The van der Waals surface area contributed by atoms with Crippen LogP contribution in [0.5, 0.6) is 0 Å². The van der Waals surface area contributed by atoms with Gasteiger partial charge in [-0.05, 0) is 76.2 Å². The minimum Gasteiger partial charge on any atom is -0.456 e. The van der Waals surface area contributed by atoms with Gasteiger partial charge >= 0.3 is 0 Å². The summed E-state index contributed by atoms with van der Waals surface area (Å²) in [4.78, 5) is 7.43. The second kappa shape index (κ2) is 8.75. The Hall–Kier alpha value is -4.00. The summed E-state index contributed by atoms with van der Waals surface area (Å²) in [6.07, 6.45) is 0. The second-order valence-corrected chi connectivity index (χ2v) is 12.7. The number of hydrogen-bond acceptors (Lipinski definition) is 6. The summed E-state index contributed by atoms with van der Waals surface area (Å²) in [5, 5.41) is 7.01. The normalized spacial score (nSPS) is 18.2. The largest absolute Gasteiger partial charge is 0.456 e. The summed E-state index contributed by atoms with van der Waals surface area (Å²) in [6.45, 7) is 8.86. The van der Waals surface area contributed by atoms with Crippen molar-refractivity contribution in [3.05, 3.63) is 116 Å². The highest BCUT2D eigenvalue weighted by Gasteiger charge is 2.35. The molecule has 0 spiro atoms. The van der Waals surface area contributed by atoms with E-state index in [4.69, 9.17) is 8.83 Å². The van der Waals surface area contributed by atoms with E-state index in [1.165, 1.54) is 31.3 Å². The van der Waals surface area contributed by atoms with Crippen molar-refractivity contribution in [2.75, 3.05) is 9.80 Å². The van der Waals surface area contributed by atoms with Crippen molar-refractivity contribution in [1.29, 1.82) is 0 Å². The number of benzene rings is 4. The number of furan rings is 2. The first-order chi connectivity index (χ1) is 19.5. The van der Waals surface area contributed by atoms with Crippen molar-refractivity contribution in [1.82, 2.24) is 0 Å². The molecule has 2 aliphatic heterocycles. The fourth-order valence-electron chi connectivity index (χ4n) is 5.76. The van der Waals surface area contributed by atoms with E-state index in [1.807, 2.05) is 47.8 Å². The molecule has 0 aliphatic carbocycles. The first kappa shape index (κ1) is 23.9. The molecule has 4 aromatic carbocycles. The van der Waals surface area contributed by atoms with Crippen LogP contribution >= 0.6 is 23.5 Å². The molecule has 6 aromatic rings. The van der Waals surface area contributed by atoms with Gasteiger partial charge in [-0.15, -0.1) is 0 Å². The fourth-order valence-corrected chi connectivity index (χ4v) is 8.09. The molecule has 4 heterocycles. The summed E-state index contributed by atoms with van der Waals surface area (Å²) in [5.74, 6) is 0. The maximum Gasteiger partial charge on any atom is 0.135 e. The third kappa shape index (κ3) is 3.42. The molecular formula is C34H26N2O2S2. The first-order valence-corrected chi connectivity index (χ1v) is 15.0. The van der Waals surface area contributed by atoms with Crippen molar-refractivity contribution in [2.24, 2.45) is 0 Å². The summed E-state index contributed by atoms with van der Waals surface area (Å²) in [5.41, 5.74) is 8.44. The number of allylic oxidation sites excluding steroid dienone is 4. The lowest BCUT2D eigenvalue weighted by Gasteiger charge is -2.28. The van der Waals surface area contributed by atoms with Gasteiger partial charge in [-0.1, -0.05) is 59.9 Å². The summed E-state index contributed by atoms with van der Waals surface area (Å²) >= 11 is 3.70. The third-order valence-electron chi connectivity index (χ3n) is 8.02. The highest BCUT2D eigenvalue weighted by molar-refractivity contribution is 8.10. The molecule has 0 radical (unpaired) electrons. The zero-order chi connectivity index (χ0) is 27.1. The Bertz CT molecular complexity index is 1980. The fraction of sp³-hybridized carbons (Fsp3) is 0.118. The molecule has 0 bridgehead atoms. The molecule has 0 saturated heterocycles. The van der Waals surface area contributed by atoms with Gasteiger partial charge in [0.1, 0.15) is 32.4 Å². The smallest absolute Gasteiger partial charge is 0.135 e. The number of hydrogen-bond donors (Lipinski definition) is 0. The van der Waals surface area contributed by atoms with E-state index < -0.39 is 0 Å². The molecule has 196 valence electrons. The van der Waals surface area contributed by atoms with Gasteiger partial charge in [0, 0.05) is 54.1 Å². The molecule has 4 nitrogen and oxygen atoms in total. The van der Waals surface area contributed by atoms with Crippen LogP contribution in [0.3, 0.4) is 0 Å². The van der Waals surface area contributed by atoms with Crippen LogP contribution < -0.4 is 9.80 Å². The van der Waals surface area contributed by atoms with Gasteiger partial charge in [-0.3, -0.25) is 0 Å². The van der Waals surface area contributed by atoms with Crippen molar-refractivity contribution in [3.8, 4) is 0 Å². The Morgan fingerprint density at radius 2 is 0.875 bits per heavy atom. The lowest BCUT2D eigenvalue weighted by molar-refractivity contribution is 0.668. The Morgan fingerprint density at radius 3 is 1.32 bits per heavy atom. The number of nitrogens with zero attached hydrogens (tertiary/aromatic N) is 2. The maximum atomic E-state index is 6.13.